The summed E-state index contributed by atoms with van der Waals surface area (Å²) in [6, 6.07) is 14.0. The van der Waals surface area contributed by atoms with Crippen LogP contribution < -0.4 is 16.4 Å². The lowest BCUT2D eigenvalue weighted by atomic mass is 10.1. The molecule has 152 valence electrons. The van der Waals surface area contributed by atoms with Gasteiger partial charge in [-0.15, -0.1) is 0 Å². The van der Waals surface area contributed by atoms with Crippen molar-refractivity contribution in [1.29, 1.82) is 5.26 Å². The summed E-state index contributed by atoms with van der Waals surface area (Å²) in [5.74, 6) is 0.341. The van der Waals surface area contributed by atoms with Gasteiger partial charge in [-0.2, -0.15) is 5.26 Å². The number of pyridine rings is 1. The highest BCUT2D eigenvalue weighted by molar-refractivity contribution is 7.72. The van der Waals surface area contributed by atoms with Crippen LogP contribution in [-0.4, -0.2) is 29.4 Å². The van der Waals surface area contributed by atoms with Crippen molar-refractivity contribution in [1.82, 2.24) is 15.0 Å². The normalized spacial score (nSPS) is 12.2. The molecule has 1 atom stereocenters. The zero-order valence-corrected chi connectivity index (χ0v) is 16.9. The Kier molecular flexibility index (Phi) is 6.56. The Bertz CT molecular complexity index is 1180. The van der Waals surface area contributed by atoms with Crippen LogP contribution in [0.5, 0.6) is 0 Å². The standard InChI is InChI=1S/C20H19N7O2S/c1-13(26-20-15(11-21)19(22)24-12-25-20)16(27-14-6-3-2-4-7-14)10-17-18(30(28)29)8-5-9-23-17/h2-10,12-13,27,30H,1H3,(H3,22,24,25,26)/b16-10-. The zero-order valence-electron chi connectivity index (χ0n) is 16.0. The maximum Gasteiger partial charge on any atom is 0.170 e. The molecule has 30 heavy (non-hydrogen) atoms. The van der Waals surface area contributed by atoms with E-state index in [0.29, 0.717) is 11.4 Å². The lowest BCUT2D eigenvalue weighted by Crippen LogP contribution is -2.24. The molecular weight excluding hydrogens is 402 g/mol. The molecule has 0 fully saturated rings. The molecule has 4 N–H and O–H groups in total. The van der Waals surface area contributed by atoms with Crippen LogP contribution in [-0.2, 0) is 10.7 Å². The molecule has 0 radical (unpaired) electrons. The Balaban J connectivity index is 2.02. The number of para-hydroxylation sites is 1. The van der Waals surface area contributed by atoms with Crippen LogP contribution in [0.25, 0.3) is 6.08 Å². The monoisotopic (exact) mass is 421 g/mol. The topological polar surface area (TPSA) is 147 Å². The van der Waals surface area contributed by atoms with E-state index in [4.69, 9.17) is 5.73 Å². The van der Waals surface area contributed by atoms with Crippen LogP contribution in [0.1, 0.15) is 18.2 Å². The number of anilines is 3. The predicted octanol–water partition coefficient (Wildman–Crippen LogP) is 2.25. The third kappa shape index (κ3) is 4.89. The molecule has 3 aromatic rings. The van der Waals surface area contributed by atoms with Crippen LogP contribution in [0.15, 0.2) is 65.6 Å². The maximum absolute atomic E-state index is 11.6. The molecular formula is C20H19N7O2S. The molecule has 0 saturated carbocycles. The molecule has 0 spiro atoms. The highest BCUT2D eigenvalue weighted by Crippen LogP contribution is 2.22. The number of nitriles is 1. The number of nitrogens with one attached hydrogen (secondary N) is 2. The molecule has 0 aliphatic rings. The summed E-state index contributed by atoms with van der Waals surface area (Å²) in [6.07, 6.45) is 4.42. The van der Waals surface area contributed by atoms with Gasteiger partial charge in [0.05, 0.1) is 16.6 Å². The van der Waals surface area contributed by atoms with E-state index in [1.807, 2.05) is 43.3 Å². The summed E-state index contributed by atoms with van der Waals surface area (Å²) in [5, 5.41) is 15.8. The van der Waals surface area contributed by atoms with E-state index < -0.39 is 16.7 Å². The van der Waals surface area contributed by atoms with Crippen molar-refractivity contribution in [2.75, 3.05) is 16.4 Å². The minimum absolute atomic E-state index is 0.0686. The molecule has 2 aromatic heterocycles. The van der Waals surface area contributed by atoms with Gasteiger partial charge in [0.1, 0.15) is 29.6 Å². The SMILES string of the molecule is CC(Nc1ncnc(N)c1C#N)/C(=C/c1ncccc1[SH](=O)=O)Nc1ccccc1. The van der Waals surface area contributed by atoms with E-state index in [9.17, 15) is 13.7 Å². The summed E-state index contributed by atoms with van der Waals surface area (Å²) in [6.45, 7) is 1.83. The zero-order chi connectivity index (χ0) is 21.5. The van der Waals surface area contributed by atoms with Crippen molar-refractivity contribution >= 4 is 34.1 Å². The molecule has 2 heterocycles. The molecule has 0 amide bonds. The van der Waals surface area contributed by atoms with E-state index in [0.717, 1.165) is 5.69 Å². The van der Waals surface area contributed by atoms with E-state index in [1.54, 1.807) is 12.1 Å². The fraction of sp³-hybridized carbons (Fsp3) is 0.100. The Labute approximate surface area is 175 Å². The van der Waals surface area contributed by atoms with E-state index >= 15 is 0 Å². The van der Waals surface area contributed by atoms with Crippen molar-refractivity contribution in [2.45, 2.75) is 17.9 Å². The third-order valence-corrected chi connectivity index (χ3v) is 4.95. The Morgan fingerprint density at radius 1 is 1.17 bits per heavy atom. The first-order valence-electron chi connectivity index (χ1n) is 8.89. The van der Waals surface area contributed by atoms with Crippen LogP contribution in [0, 0.1) is 11.3 Å². The number of nitrogen functional groups attached to an aromatic ring is 1. The largest absolute Gasteiger partial charge is 0.382 e. The highest BCUT2D eigenvalue weighted by atomic mass is 32.2. The quantitative estimate of drug-likeness (QED) is 0.422. The number of thiol groups is 1. The van der Waals surface area contributed by atoms with Gasteiger partial charge in [-0.1, -0.05) is 18.2 Å². The van der Waals surface area contributed by atoms with Gasteiger partial charge in [-0.05, 0) is 37.3 Å². The minimum atomic E-state index is -2.82. The van der Waals surface area contributed by atoms with Crippen LogP contribution in [0.3, 0.4) is 0 Å². The van der Waals surface area contributed by atoms with Crippen molar-refractivity contribution < 1.29 is 8.42 Å². The number of hydrogen-bond acceptors (Lipinski definition) is 9. The van der Waals surface area contributed by atoms with Gasteiger partial charge in [0.15, 0.2) is 10.7 Å². The molecule has 10 heteroatoms. The van der Waals surface area contributed by atoms with Crippen LogP contribution in [0.4, 0.5) is 17.3 Å². The first kappa shape index (κ1) is 20.8. The molecule has 1 unspecified atom stereocenters. The average Bonchev–Trinajstić information content (AvgIpc) is 2.74. The van der Waals surface area contributed by atoms with Crippen molar-refractivity contribution in [3.8, 4) is 6.07 Å². The summed E-state index contributed by atoms with van der Waals surface area (Å²) >= 11 is 0. The van der Waals surface area contributed by atoms with Crippen molar-refractivity contribution in [3.63, 3.8) is 0 Å². The first-order chi connectivity index (χ1) is 14.5. The fourth-order valence-corrected chi connectivity index (χ4v) is 3.20. The number of hydrogen-bond donors (Lipinski definition) is 4. The summed E-state index contributed by atoms with van der Waals surface area (Å²) in [7, 11) is -2.82. The number of benzene rings is 1. The molecule has 0 aliphatic carbocycles. The van der Waals surface area contributed by atoms with Gasteiger partial charge in [-0.25, -0.2) is 18.4 Å². The predicted molar refractivity (Wildman–Crippen MR) is 115 cm³/mol. The van der Waals surface area contributed by atoms with Gasteiger partial charge in [0, 0.05) is 17.6 Å². The fourth-order valence-electron chi connectivity index (χ4n) is 2.68. The molecule has 0 bridgehead atoms. The van der Waals surface area contributed by atoms with Gasteiger partial charge in [0.2, 0.25) is 0 Å². The Morgan fingerprint density at radius 3 is 2.63 bits per heavy atom. The lowest BCUT2D eigenvalue weighted by Gasteiger charge is -2.21. The number of nitrogens with zero attached hydrogens (tertiary/aromatic N) is 4. The smallest absolute Gasteiger partial charge is 0.170 e. The summed E-state index contributed by atoms with van der Waals surface area (Å²) in [4.78, 5) is 12.2. The lowest BCUT2D eigenvalue weighted by molar-refractivity contribution is 0.614. The first-order valence-corrected chi connectivity index (χ1v) is 10.1. The van der Waals surface area contributed by atoms with E-state index in [1.165, 1.54) is 18.6 Å². The third-order valence-electron chi connectivity index (χ3n) is 4.18. The van der Waals surface area contributed by atoms with Crippen LogP contribution >= 0.6 is 0 Å². The molecule has 9 nitrogen and oxygen atoms in total. The molecule has 0 saturated heterocycles. The van der Waals surface area contributed by atoms with Crippen molar-refractivity contribution in [3.05, 3.63) is 71.9 Å². The molecule has 1 aromatic carbocycles. The summed E-state index contributed by atoms with van der Waals surface area (Å²) < 4.78 is 23.2. The Hall–Kier alpha value is -3.97. The van der Waals surface area contributed by atoms with E-state index in [2.05, 4.69) is 25.6 Å². The van der Waals surface area contributed by atoms with E-state index in [-0.39, 0.29) is 22.1 Å². The Morgan fingerprint density at radius 2 is 1.93 bits per heavy atom. The van der Waals surface area contributed by atoms with Gasteiger partial charge >= 0.3 is 0 Å². The maximum atomic E-state index is 11.6. The minimum Gasteiger partial charge on any atom is -0.382 e. The van der Waals surface area contributed by atoms with Crippen molar-refractivity contribution in [2.24, 2.45) is 0 Å². The molecule has 0 aliphatic heterocycles. The number of aromatic nitrogens is 3. The number of rotatable bonds is 7. The highest BCUT2D eigenvalue weighted by Gasteiger charge is 2.16. The molecule has 3 rings (SSSR count). The average molecular weight is 421 g/mol. The van der Waals surface area contributed by atoms with Gasteiger partial charge in [0.25, 0.3) is 0 Å². The van der Waals surface area contributed by atoms with Crippen LogP contribution in [0.2, 0.25) is 0 Å². The summed E-state index contributed by atoms with van der Waals surface area (Å²) in [5.41, 5.74) is 7.59. The second kappa shape index (κ2) is 9.49. The van der Waals surface area contributed by atoms with Gasteiger partial charge in [-0.3, -0.25) is 4.98 Å². The second-order valence-corrected chi connectivity index (χ2v) is 7.21. The number of nitrogens with two attached hydrogens (primary N) is 1. The second-order valence-electron chi connectivity index (χ2n) is 6.22. The van der Waals surface area contributed by atoms with Gasteiger partial charge < -0.3 is 16.4 Å².